The molecule has 0 fully saturated rings. The summed E-state index contributed by atoms with van der Waals surface area (Å²) in [6, 6.07) is 5.28. The molecule has 0 spiro atoms. The van der Waals surface area contributed by atoms with Gasteiger partial charge in [0.1, 0.15) is 0 Å². The molecule has 4 heteroatoms. The van der Waals surface area contributed by atoms with Gasteiger partial charge in [-0.1, -0.05) is 0 Å². The van der Waals surface area contributed by atoms with Crippen LogP contribution >= 0.6 is 0 Å². The van der Waals surface area contributed by atoms with Crippen molar-refractivity contribution >= 4 is 17.5 Å². The fourth-order valence-electron chi connectivity index (χ4n) is 1.89. The number of nitrogens with zero attached hydrogens (tertiary/aromatic N) is 1. The predicted octanol–water partition coefficient (Wildman–Crippen LogP) is 1.73. The normalized spacial score (nSPS) is 14.2. The zero-order chi connectivity index (χ0) is 11.7. The second kappa shape index (κ2) is 3.96. The number of hydrogen-bond donors (Lipinski definition) is 1. The summed E-state index contributed by atoms with van der Waals surface area (Å²) in [6.45, 7) is 4.99. The van der Waals surface area contributed by atoms with Gasteiger partial charge in [0.15, 0.2) is 0 Å². The maximum Gasteiger partial charge on any atom is 0.261 e. The van der Waals surface area contributed by atoms with E-state index in [-0.39, 0.29) is 11.8 Å². The molecule has 0 saturated carbocycles. The molecule has 0 aromatic heterocycles. The molecular weight excluding hydrogens is 204 g/mol. The van der Waals surface area contributed by atoms with Gasteiger partial charge in [-0.15, -0.1) is 0 Å². The Kier molecular flexibility index (Phi) is 2.64. The van der Waals surface area contributed by atoms with Gasteiger partial charge in [0.2, 0.25) is 0 Å². The van der Waals surface area contributed by atoms with E-state index in [4.69, 9.17) is 0 Å². The fourth-order valence-corrected chi connectivity index (χ4v) is 1.89. The smallest absolute Gasteiger partial charge is 0.261 e. The average molecular weight is 218 g/mol. The Morgan fingerprint density at radius 1 is 1.12 bits per heavy atom. The third-order valence-corrected chi connectivity index (χ3v) is 2.67. The summed E-state index contributed by atoms with van der Waals surface area (Å²) in [5.74, 6) is -0.382. The van der Waals surface area contributed by atoms with Gasteiger partial charge in [-0.2, -0.15) is 0 Å². The van der Waals surface area contributed by atoms with Crippen molar-refractivity contribution in [1.82, 2.24) is 4.90 Å². The molecule has 1 heterocycles. The highest BCUT2D eigenvalue weighted by Gasteiger charge is 2.34. The molecule has 2 amide bonds. The summed E-state index contributed by atoms with van der Waals surface area (Å²) in [7, 11) is 0. The van der Waals surface area contributed by atoms with E-state index in [2.05, 4.69) is 5.32 Å². The Balaban J connectivity index is 2.43. The van der Waals surface area contributed by atoms with Crippen LogP contribution in [-0.4, -0.2) is 29.8 Å². The van der Waals surface area contributed by atoms with Crippen molar-refractivity contribution in [2.24, 2.45) is 0 Å². The minimum Gasteiger partial charge on any atom is -0.385 e. The molecule has 1 N–H and O–H groups in total. The molecule has 0 atom stereocenters. The molecule has 0 bridgehead atoms. The van der Waals surface area contributed by atoms with Crippen molar-refractivity contribution in [2.75, 3.05) is 18.4 Å². The summed E-state index contributed by atoms with van der Waals surface area (Å²) < 4.78 is 0. The van der Waals surface area contributed by atoms with Crippen LogP contribution in [-0.2, 0) is 0 Å². The second-order valence-electron chi connectivity index (χ2n) is 3.65. The Morgan fingerprint density at radius 3 is 2.44 bits per heavy atom. The SMILES string of the molecule is CCNc1ccc2c(c1)C(=O)N(CC)C2=O. The van der Waals surface area contributed by atoms with Gasteiger partial charge in [-0.05, 0) is 32.0 Å². The highest BCUT2D eigenvalue weighted by Crippen LogP contribution is 2.25. The van der Waals surface area contributed by atoms with Crippen molar-refractivity contribution in [3.05, 3.63) is 29.3 Å². The van der Waals surface area contributed by atoms with E-state index < -0.39 is 0 Å². The zero-order valence-electron chi connectivity index (χ0n) is 9.41. The van der Waals surface area contributed by atoms with Gasteiger partial charge in [0.05, 0.1) is 11.1 Å². The molecule has 84 valence electrons. The molecule has 4 nitrogen and oxygen atoms in total. The quantitative estimate of drug-likeness (QED) is 0.786. The maximum absolute atomic E-state index is 11.9. The zero-order valence-corrected chi connectivity index (χ0v) is 9.41. The van der Waals surface area contributed by atoms with Gasteiger partial charge in [-0.25, -0.2) is 0 Å². The molecule has 0 unspecified atom stereocenters. The lowest BCUT2D eigenvalue weighted by molar-refractivity contribution is 0.0663. The highest BCUT2D eigenvalue weighted by molar-refractivity contribution is 6.21. The van der Waals surface area contributed by atoms with Gasteiger partial charge < -0.3 is 5.32 Å². The number of anilines is 1. The number of hydrogen-bond acceptors (Lipinski definition) is 3. The van der Waals surface area contributed by atoms with Crippen LogP contribution in [0.3, 0.4) is 0 Å². The van der Waals surface area contributed by atoms with Crippen LogP contribution in [0.5, 0.6) is 0 Å². The molecule has 1 aromatic rings. The summed E-state index contributed by atoms with van der Waals surface area (Å²) in [5.41, 5.74) is 1.89. The first-order valence-electron chi connectivity index (χ1n) is 5.43. The number of amides is 2. The van der Waals surface area contributed by atoms with Crippen molar-refractivity contribution < 1.29 is 9.59 Å². The summed E-state index contributed by atoms with van der Waals surface area (Å²) >= 11 is 0. The molecule has 1 aromatic carbocycles. The number of carbonyl (C=O) groups is 2. The van der Waals surface area contributed by atoms with Crippen LogP contribution in [0.4, 0.5) is 5.69 Å². The lowest BCUT2D eigenvalue weighted by Crippen LogP contribution is -2.29. The highest BCUT2D eigenvalue weighted by atomic mass is 16.2. The van der Waals surface area contributed by atoms with Gasteiger partial charge in [0, 0.05) is 18.8 Å². The third-order valence-electron chi connectivity index (χ3n) is 2.67. The molecule has 1 aliphatic rings. The van der Waals surface area contributed by atoms with Gasteiger partial charge in [0.25, 0.3) is 11.8 Å². The van der Waals surface area contributed by atoms with Crippen LogP contribution in [0.1, 0.15) is 34.6 Å². The Labute approximate surface area is 94.2 Å². The van der Waals surface area contributed by atoms with Crippen LogP contribution in [0.2, 0.25) is 0 Å². The van der Waals surface area contributed by atoms with Crippen LogP contribution < -0.4 is 5.32 Å². The van der Waals surface area contributed by atoms with Crippen molar-refractivity contribution in [3.8, 4) is 0 Å². The number of benzene rings is 1. The minimum atomic E-state index is -0.192. The van der Waals surface area contributed by atoms with E-state index in [1.165, 1.54) is 4.90 Å². The minimum absolute atomic E-state index is 0.189. The number of imide groups is 1. The second-order valence-corrected chi connectivity index (χ2v) is 3.65. The van der Waals surface area contributed by atoms with Gasteiger partial charge in [-0.3, -0.25) is 14.5 Å². The van der Waals surface area contributed by atoms with Crippen molar-refractivity contribution in [1.29, 1.82) is 0 Å². The van der Waals surface area contributed by atoms with Crippen molar-refractivity contribution in [2.45, 2.75) is 13.8 Å². The number of nitrogens with one attached hydrogen (secondary N) is 1. The predicted molar refractivity (Wildman–Crippen MR) is 61.6 cm³/mol. The van der Waals surface area contributed by atoms with Crippen LogP contribution in [0, 0.1) is 0 Å². The van der Waals surface area contributed by atoms with Gasteiger partial charge >= 0.3 is 0 Å². The monoisotopic (exact) mass is 218 g/mol. The number of fused-ring (bicyclic) bond motifs is 1. The molecule has 0 saturated heterocycles. The summed E-state index contributed by atoms with van der Waals surface area (Å²) in [4.78, 5) is 24.9. The van der Waals surface area contributed by atoms with E-state index in [0.29, 0.717) is 17.7 Å². The Hall–Kier alpha value is -1.84. The van der Waals surface area contributed by atoms with E-state index >= 15 is 0 Å². The fraction of sp³-hybridized carbons (Fsp3) is 0.333. The summed E-state index contributed by atoms with van der Waals surface area (Å²) in [5, 5.41) is 3.12. The summed E-state index contributed by atoms with van der Waals surface area (Å²) in [6.07, 6.45) is 0. The van der Waals surface area contributed by atoms with Crippen molar-refractivity contribution in [3.63, 3.8) is 0 Å². The molecule has 0 aliphatic carbocycles. The molecule has 0 radical (unpaired) electrons. The van der Waals surface area contributed by atoms with E-state index in [1.807, 2.05) is 13.0 Å². The van der Waals surface area contributed by atoms with E-state index in [1.54, 1.807) is 19.1 Å². The maximum atomic E-state index is 11.9. The Bertz CT molecular complexity index is 454. The van der Waals surface area contributed by atoms with Crippen LogP contribution in [0.25, 0.3) is 0 Å². The largest absolute Gasteiger partial charge is 0.385 e. The first kappa shape index (κ1) is 10.7. The number of rotatable bonds is 3. The average Bonchev–Trinajstić information content (AvgIpc) is 2.52. The lowest BCUT2D eigenvalue weighted by atomic mass is 10.1. The first-order valence-corrected chi connectivity index (χ1v) is 5.43. The molecule has 1 aliphatic heterocycles. The standard InChI is InChI=1S/C12H14N2O2/c1-3-13-8-5-6-9-10(7-8)12(16)14(4-2)11(9)15/h5-7,13H,3-4H2,1-2H3. The van der Waals surface area contributed by atoms with Crippen LogP contribution in [0.15, 0.2) is 18.2 Å². The van der Waals surface area contributed by atoms with E-state index in [0.717, 1.165) is 12.2 Å². The Morgan fingerprint density at radius 2 is 1.81 bits per heavy atom. The lowest BCUT2D eigenvalue weighted by Gasteiger charge is -2.08. The molecular formula is C12H14N2O2. The number of carbonyl (C=O) groups excluding carboxylic acids is 2. The topological polar surface area (TPSA) is 49.4 Å². The molecule has 16 heavy (non-hydrogen) atoms. The van der Waals surface area contributed by atoms with E-state index in [9.17, 15) is 9.59 Å². The first-order chi connectivity index (χ1) is 7.69. The third kappa shape index (κ3) is 1.46. The molecule has 2 rings (SSSR count).